The molecule has 0 aromatic rings. The van der Waals surface area contributed by atoms with Crippen LogP contribution in [0, 0.1) is 0 Å². The van der Waals surface area contributed by atoms with Gasteiger partial charge in [-0.3, -0.25) is 9.59 Å². The number of hydrogen-bond donors (Lipinski definition) is 2. The van der Waals surface area contributed by atoms with Crippen LogP contribution in [0.4, 0.5) is 0 Å². The molecule has 6 heteroatoms. The van der Waals surface area contributed by atoms with Crippen molar-refractivity contribution in [2.75, 3.05) is 13.2 Å². The smallest absolute Gasteiger partial charge is 0.318 e. The molecule has 0 saturated heterocycles. The predicted molar refractivity (Wildman–Crippen MR) is 81.9 cm³/mol. The molecular weight excluding hydrogens is 284 g/mol. The van der Waals surface area contributed by atoms with Crippen molar-refractivity contribution in [3.8, 4) is 0 Å². The normalized spacial score (nSPS) is 13.7. The summed E-state index contributed by atoms with van der Waals surface area (Å²) in [6.07, 6.45) is 3.43. The monoisotopic (exact) mass is 308 g/mol. The second-order valence-electron chi connectivity index (χ2n) is 4.30. The van der Waals surface area contributed by atoms with E-state index in [-0.39, 0.29) is 11.9 Å². The lowest BCUT2D eigenvalue weighted by molar-refractivity contribution is -0.143. The van der Waals surface area contributed by atoms with Crippen molar-refractivity contribution in [2.24, 2.45) is 0 Å². The van der Waals surface area contributed by atoms with E-state index in [0.29, 0.717) is 32.5 Å². The number of ether oxygens (including phenoxy) is 2. The molecule has 0 amide bonds. The molecule has 0 bridgehead atoms. The van der Waals surface area contributed by atoms with Gasteiger partial charge in [0.1, 0.15) is 0 Å². The first kappa shape index (κ1) is 18.6. The zero-order valence-electron chi connectivity index (χ0n) is 11.6. The molecule has 0 heterocycles. The van der Waals surface area contributed by atoms with Crippen LogP contribution >= 0.6 is 25.3 Å². The minimum Gasteiger partial charge on any atom is -0.465 e. The maximum atomic E-state index is 11.4. The fourth-order valence-corrected chi connectivity index (χ4v) is 1.85. The Bertz CT molecular complexity index is 245. The van der Waals surface area contributed by atoms with Gasteiger partial charge >= 0.3 is 11.9 Å². The summed E-state index contributed by atoms with van der Waals surface area (Å²) in [5.41, 5.74) is 0. The molecule has 0 aliphatic heterocycles. The van der Waals surface area contributed by atoms with Gasteiger partial charge in [-0.2, -0.15) is 25.3 Å². The molecule has 19 heavy (non-hydrogen) atoms. The van der Waals surface area contributed by atoms with E-state index in [2.05, 4.69) is 25.3 Å². The largest absolute Gasteiger partial charge is 0.465 e. The Labute approximate surface area is 126 Å². The highest BCUT2D eigenvalue weighted by molar-refractivity contribution is 7.82. The minimum absolute atomic E-state index is 0.297. The van der Waals surface area contributed by atoms with Crippen molar-refractivity contribution in [1.82, 2.24) is 0 Å². The summed E-state index contributed by atoms with van der Waals surface area (Å²) in [6.45, 7) is 4.73. The molecule has 2 unspecified atom stereocenters. The molecule has 112 valence electrons. The maximum absolute atomic E-state index is 11.4. The van der Waals surface area contributed by atoms with Crippen LogP contribution in [0.2, 0.25) is 0 Å². The first-order valence-corrected chi connectivity index (χ1v) is 7.75. The van der Waals surface area contributed by atoms with Gasteiger partial charge in [-0.1, -0.05) is 20.3 Å². The van der Waals surface area contributed by atoms with E-state index < -0.39 is 10.5 Å². The molecule has 0 aliphatic carbocycles. The quantitative estimate of drug-likeness (QED) is 0.481. The molecule has 0 radical (unpaired) electrons. The van der Waals surface area contributed by atoms with E-state index in [1.165, 1.54) is 0 Å². The molecule has 0 spiro atoms. The first-order valence-electron chi connectivity index (χ1n) is 6.72. The van der Waals surface area contributed by atoms with Gasteiger partial charge in [-0.15, -0.1) is 0 Å². The molecule has 4 nitrogen and oxygen atoms in total. The number of hydrogen-bond acceptors (Lipinski definition) is 6. The molecule has 0 aliphatic rings. The van der Waals surface area contributed by atoms with Crippen molar-refractivity contribution >= 4 is 37.2 Å². The molecular formula is C13H24O4S2. The SMILES string of the molecule is CCCOC(=O)C(S)CCCC(S)C(=O)OCCC. The van der Waals surface area contributed by atoms with Crippen LogP contribution in [0.1, 0.15) is 46.0 Å². The van der Waals surface area contributed by atoms with Crippen LogP contribution in [0.5, 0.6) is 0 Å². The van der Waals surface area contributed by atoms with Crippen molar-refractivity contribution in [2.45, 2.75) is 56.5 Å². The number of rotatable bonds is 10. The summed E-state index contributed by atoms with van der Waals surface area (Å²) in [5, 5.41) is -0.863. The van der Waals surface area contributed by atoms with E-state index in [1.54, 1.807) is 0 Å². The Kier molecular flexibility index (Phi) is 11.2. The van der Waals surface area contributed by atoms with E-state index in [9.17, 15) is 9.59 Å². The first-order chi connectivity index (χ1) is 9.02. The lowest BCUT2D eigenvalue weighted by Crippen LogP contribution is -2.21. The summed E-state index contributed by atoms with van der Waals surface area (Å²) in [6, 6.07) is 0. The van der Waals surface area contributed by atoms with Crippen LogP contribution in [-0.4, -0.2) is 35.7 Å². The average Bonchev–Trinajstić information content (AvgIpc) is 2.41. The third-order valence-corrected chi connectivity index (χ3v) is 3.33. The second-order valence-corrected chi connectivity index (χ2v) is 5.54. The van der Waals surface area contributed by atoms with Gasteiger partial charge < -0.3 is 9.47 Å². The summed E-state index contributed by atoms with van der Waals surface area (Å²) in [4.78, 5) is 22.9. The Morgan fingerprint density at radius 1 is 0.895 bits per heavy atom. The van der Waals surface area contributed by atoms with Gasteiger partial charge in [0.2, 0.25) is 0 Å². The van der Waals surface area contributed by atoms with Gasteiger partial charge in [0.25, 0.3) is 0 Å². The van der Waals surface area contributed by atoms with Crippen molar-refractivity contribution in [3.05, 3.63) is 0 Å². The number of carbonyl (C=O) groups is 2. The number of esters is 2. The van der Waals surface area contributed by atoms with Crippen LogP contribution in [-0.2, 0) is 19.1 Å². The number of thiol groups is 2. The minimum atomic E-state index is -0.432. The predicted octanol–water partition coefficient (Wildman–Crippen LogP) is 2.66. The topological polar surface area (TPSA) is 52.6 Å². The Balaban J connectivity index is 3.76. The van der Waals surface area contributed by atoms with Crippen LogP contribution in [0.25, 0.3) is 0 Å². The third kappa shape index (κ3) is 9.21. The second kappa shape index (κ2) is 11.5. The highest BCUT2D eigenvalue weighted by Gasteiger charge is 2.18. The van der Waals surface area contributed by atoms with Gasteiger partial charge in [-0.25, -0.2) is 0 Å². The van der Waals surface area contributed by atoms with Gasteiger partial charge in [0.05, 0.1) is 23.7 Å². The molecule has 0 aromatic heterocycles. The highest BCUT2D eigenvalue weighted by atomic mass is 32.1. The van der Waals surface area contributed by atoms with E-state index in [4.69, 9.17) is 9.47 Å². The van der Waals surface area contributed by atoms with Crippen LogP contribution in [0.3, 0.4) is 0 Å². The molecule has 0 fully saturated rings. The van der Waals surface area contributed by atoms with Crippen LogP contribution in [0.15, 0.2) is 0 Å². The lowest BCUT2D eigenvalue weighted by atomic mass is 10.1. The summed E-state index contributed by atoms with van der Waals surface area (Å²) < 4.78 is 9.97. The van der Waals surface area contributed by atoms with Crippen molar-refractivity contribution in [3.63, 3.8) is 0 Å². The summed E-state index contributed by atoms with van der Waals surface area (Å²) in [7, 11) is 0. The summed E-state index contributed by atoms with van der Waals surface area (Å²) >= 11 is 8.39. The lowest BCUT2D eigenvalue weighted by Gasteiger charge is -2.12. The fraction of sp³-hybridized carbons (Fsp3) is 0.846. The fourth-order valence-electron chi connectivity index (χ4n) is 1.34. The molecule has 0 rings (SSSR count). The van der Waals surface area contributed by atoms with Gasteiger partial charge in [-0.05, 0) is 25.7 Å². The molecule has 0 aromatic carbocycles. The summed E-state index contributed by atoms with van der Waals surface area (Å²) in [5.74, 6) is -0.594. The maximum Gasteiger partial charge on any atom is 0.318 e. The average molecular weight is 308 g/mol. The molecule has 2 atom stereocenters. The van der Waals surface area contributed by atoms with Crippen LogP contribution < -0.4 is 0 Å². The zero-order chi connectivity index (χ0) is 14.7. The molecule has 0 N–H and O–H groups in total. The Morgan fingerprint density at radius 2 is 1.26 bits per heavy atom. The Morgan fingerprint density at radius 3 is 1.58 bits per heavy atom. The van der Waals surface area contributed by atoms with E-state index in [1.807, 2.05) is 13.8 Å². The van der Waals surface area contributed by atoms with Crippen molar-refractivity contribution < 1.29 is 19.1 Å². The highest BCUT2D eigenvalue weighted by Crippen LogP contribution is 2.14. The van der Waals surface area contributed by atoms with Crippen molar-refractivity contribution in [1.29, 1.82) is 0 Å². The standard InChI is InChI=1S/C13H24O4S2/c1-3-8-16-12(14)10(18)6-5-7-11(19)13(15)17-9-4-2/h10-11,18-19H,3-9H2,1-2H3. The van der Waals surface area contributed by atoms with Gasteiger partial charge in [0, 0.05) is 0 Å². The van der Waals surface area contributed by atoms with E-state index in [0.717, 1.165) is 12.8 Å². The zero-order valence-corrected chi connectivity index (χ0v) is 13.4. The third-order valence-electron chi connectivity index (χ3n) is 2.40. The Hall–Kier alpha value is -0.360. The van der Waals surface area contributed by atoms with Gasteiger partial charge in [0.15, 0.2) is 0 Å². The van der Waals surface area contributed by atoms with E-state index >= 15 is 0 Å². The number of carbonyl (C=O) groups excluding carboxylic acids is 2. The molecule has 0 saturated carbocycles.